The molecule has 12 heteroatoms. The fourth-order valence-corrected chi connectivity index (χ4v) is 6.13. The number of hydrogen-bond donors (Lipinski definition) is 1. The van der Waals surface area contributed by atoms with E-state index in [1.165, 1.54) is 24.0 Å². The van der Waals surface area contributed by atoms with Gasteiger partial charge in [-0.15, -0.1) is 0 Å². The number of pyridine rings is 1. The first-order chi connectivity index (χ1) is 20.7. The molecule has 6 rings (SSSR count). The Labute approximate surface area is 252 Å². The lowest BCUT2D eigenvalue weighted by Crippen LogP contribution is -2.38. The standard InChI is InChI=1S/C31H32ClN9O2/c1-17(2)9-24-22(11-33)28(23-15-37-41(29(23)38-24)25-7-8-34-12-18(25)3)19-5-6-26-21(10-19)30(42)39(4)31(43)40(26)16-27-35-13-20(32)14-36-27/h5-6,10,13-15,17-18,25,34H,7-9,12,16H2,1-4H3/t18-,25-/m1/s1. The van der Waals surface area contributed by atoms with Gasteiger partial charge in [-0.05, 0) is 55.5 Å². The Morgan fingerprint density at radius 3 is 2.63 bits per heavy atom. The number of benzene rings is 1. The molecule has 0 aliphatic carbocycles. The molecule has 1 fully saturated rings. The van der Waals surface area contributed by atoms with Gasteiger partial charge in [0.25, 0.3) is 5.56 Å². The van der Waals surface area contributed by atoms with Crippen LogP contribution in [0.15, 0.2) is 46.4 Å². The van der Waals surface area contributed by atoms with Crippen molar-refractivity contribution < 1.29 is 0 Å². The molecule has 11 nitrogen and oxygen atoms in total. The van der Waals surface area contributed by atoms with Crippen LogP contribution in [-0.4, -0.2) is 47.0 Å². The molecule has 1 aliphatic rings. The molecule has 1 saturated heterocycles. The molecule has 1 N–H and O–H groups in total. The Hall–Kier alpha value is -4.40. The fraction of sp³-hybridized carbons (Fsp3) is 0.387. The van der Waals surface area contributed by atoms with Crippen LogP contribution in [0.5, 0.6) is 0 Å². The second kappa shape index (κ2) is 11.4. The van der Waals surface area contributed by atoms with Crippen LogP contribution in [0, 0.1) is 23.2 Å². The number of rotatable bonds is 6. The summed E-state index contributed by atoms with van der Waals surface area (Å²) < 4.78 is 4.56. The average Bonchev–Trinajstić information content (AvgIpc) is 3.41. The minimum absolute atomic E-state index is 0.0582. The van der Waals surface area contributed by atoms with Crippen LogP contribution in [0.4, 0.5) is 0 Å². The second-order valence-electron chi connectivity index (χ2n) is 11.7. The van der Waals surface area contributed by atoms with E-state index in [-0.39, 0.29) is 18.5 Å². The summed E-state index contributed by atoms with van der Waals surface area (Å²) in [5, 5.41) is 20.2. The number of nitrogens with one attached hydrogen (secondary N) is 1. The molecule has 4 aromatic heterocycles. The largest absolute Gasteiger partial charge is 0.331 e. The quantitative estimate of drug-likeness (QED) is 0.312. The van der Waals surface area contributed by atoms with Crippen LogP contribution >= 0.6 is 11.6 Å². The molecular weight excluding hydrogens is 566 g/mol. The normalized spacial score (nSPS) is 17.1. The summed E-state index contributed by atoms with van der Waals surface area (Å²) in [5.74, 6) is 1.01. The van der Waals surface area contributed by atoms with E-state index in [1.807, 2.05) is 10.7 Å². The van der Waals surface area contributed by atoms with E-state index in [2.05, 4.69) is 42.1 Å². The van der Waals surface area contributed by atoms with Gasteiger partial charge in [-0.25, -0.2) is 24.4 Å². The van der Waals surface area contributed by atoms with E-state index in [4.69, 9.17) is 21.7 Å². The summed E-state index contributed by atoms with van der Waals surface area (Å²) in [6.07, 6.45) is 6.27. The average molecular weight is 598 g/mol. The van der Waals surface area contributed by atoms with Crippen LogP contribution in [0.2, 0.25) is 5.02 Å². The molecule has 5 heterocycles. The monoisotopic (exact) mass is 597 g/mol. The van der Waals surface area contributed by atoms with Crippen molar-refractivity contribution >= 4 is 33.5 Å². The highest BCUT2D eigenvalue weighted by Gasteiger charge is 2.28. The third-order valence-electron chi connectivity index (χ3n) is 8.19. The maximum atomic E-state index is 13.5. The number of piperidine rings is 1. The number of nitriles is 1. The summed E-state index contributed by atoms with van der Waals surface area (Å²) >= 11 is 5.95. The van der Waals surface area contributed by atoms with Gasteiger partial charge in [0, 0.05) is 30.4 Å². The second-order valence-corrected chi connectivity index (χ2v) is 12.1. The molecule has 0 saturated carbocycles. The van der Waals surface area contributed by atoms with Crippen molar-refractivity contribution in [3.8, 4) is 17.2 Å². The highest BCUT2D eigenvalue weighted by atomic mass is 35.5. The predicted molar refractivity (Wildman–Crippen MR) is 165 cm³/mol. The Kier molecular flexibility index (Phi) is 7.58. The summed E-state index contributed by atoms with van der Waals surface area (Å²) in [6.45, 7) is 8.25. The molecule has 0 spiro atoms. The molecule has 1 aliphatic heterocycles. The van der Waals surface area contributed by atoms with Gasteiger partial charge in [-0.1, -0.05) is 38.4 Å². The van der Waals surface area contributed by atoms with Crippen molar-refractivity contribution in [2.24, 2.45) is 18.9 Å². The lowest BCUT2D eigenvalue weighted by Gasteiger charge is -2.30. The molecule has 0 radical (unpaired) electrons. The molecule has 43 heavy (non-hydrogen) atoms. The van der Waals surface area contributed by atoms with Gasteiger partial charge in [0.05, 0.1) is 46.0 Å². The van der Waals surface area contributed by atoms with Crippen LogP contribution in [0.1, 0.15) is 50.3 Å². The summed E-state index contributed by atoms with van der Waals surface area (Å²) in [7, 11) is 1.45. The smallest absolute Gasteiger partial charge is 0.316 e. The van der Waals surface area contributed by atoms with Gasteiger partial charge < -0.3 is 5.32 Å². The predicted octanol–water partition coefficient (Wildman–Crippen LogP) is 3.84. The zero-order valence-electron chi connectivity index (χ0n) is 24.5. The SMILES string of the molecule is CC(C)Cc1nc2c(cnn2[C@@H]2CCNC[C@H]2C)c(-c2ccc3c(c2)c(=O)n(C)c(=O)n3Cc2ncc(Cl)cn2)c1C#N. The molecule has 0 amide bonds. The first-order valence-corrected chi connectivity index (χ1v) is 14.8. The minimum atomic E-state index is -0.482. The van der Waals surface area contributed by atoms with Gasteiger partial charge in [0.2, 0.25) is 0 Å². The van der Waals surface area contributed by atoms with Gasteiger partial charge in [0.1, 0.15) is 11.9 Å². The maximum Gasteiger partial charge on any atom is 0.331 e. The molecular formula is C31H32ClN9O2. The third-order valence-corrected chi connectivity index (χ3v) is 8.38. The van der Waals surface area contributed by atoms with Crippen molar-refractivity contribution in [3.63, 3.8) is 0 Å². The van der Waals surface area contributed by atoms with Gasteiger partial charge in [-0.3, -0.25) is 13.9 Å². The Balaban J connectivity index is 1.59. The minimum Gasteiger partial charge on any atom is -0.316 e. The Morgan fingerprint density at radius 1 is 1.16 bits per heavy atom. The molecule has 0 unspecified atom stereocenters. The highest BCUT2D eigenvalue weighted by Crippen LogP contribution is 2.37. The molecule has 1 aromatic carbocycles. The van der Waals surface area contributed by atoms with Crippen molar-refractivity contribution in [2.45, 2.75) is 46.2 Å². The zero-order valence-corrected chi connectivity index (χ0v) is 25.3. The fourth-order valence-electron chi connectivity index (χ4n) is 6.03. The van der Waals surface area contributed by atoms with E-state index in [9.17, 15) is 14.9 Å². The van der Waals surface area contributed by atoms with Gasteiger partial charge >= 0.3 is 5.69 Å². The Bertz CT molecular complexity index is 2020. The first kappa shape index (κ1) is 28.7. The summed E-state index contributed by atoms with van der Waals surface area (Å²) in [6, 6.07) is 7.94. The number of aromatic nitrogens is 7. The lowest BCUT2D eigenvalue weighted by molar-refractivity contribution is 0.260. The van der Waals surface area contributed by atoms with Crippen LogP contribution in [0.25, 0.3) is 33.1 Å². The highest BCUT2D eigenvalue weighted by molar-refractivity contribution is 6.30. The molecule has 5 aromatic rings. The molecule has 0 bridgehead atoms. The number of fused-ring (bicyclic) bond motifs is 2. The summed E-state index contributed by atoms with van der Waals surface area (Å²) in [4.78, 5) is 40.2. The maximum absolute atomic E-state index is 13.5. The first-order valence-electron chi connectivity index (χ1n) is 14.4. The van der Waals surface area contributed by atoms with Gasteiger partial charge in [0.15, 0.2) is 5.65 Å². The van der Waals surface area contributed by atoms with Gasteiger partial charge in [-0.2, -0.15) is 10.4 Å². The topological polar surface area (TPSA) is 136 Å². The number of halogens is 1. The Morgan fingerprint density at radius 2 is 1.93 bits per heavy atom. The lowest BCUT2D eigenvalue weighted by atomic mass is 9.92. The third kappa shape index (κ3) is 5.11. The van der Waals surface area contributed by atoms with Crippen molar-refractivity contribution in [1.29, 1.82) is 5.26 Å². The van der Waals surface area contributed by atoms with Crippen LogP contribution in [0.3, 0.4) is 0 Å². The van der Waals surface area contributed by atoms with Crippen LogP contribution < -0.4 is 16.6 Å². The number of hydrogen-bond acceptors (Lipinski definition) is 8. The molecule has 220 valence electrons. The van der Waals surface area contributed by atoms with Crippen molar-refractivity contribution in [1.82, 2.24) is 39.2 Å². The number of nitrogens with zero attached hydrogens (tertiary/aromatic N) is 8. The van der Waals surface area contributed by atoms with E-state index in [0.717, 1.165) is 35.1 Å². The van der Waals surface area contributed by atoms with Crippen LogP contribution in [-0.2, 0) is 20.0 Å². The van der Waals surface area contributed by atoms with Crippen molar-refractivity contribution in [3.05, 3.63) is 79.7 Å². The van der Waals surface area contributed by atoms with E-state index < -0.39 is 11.2 Å². The van der Waals surface area contributed by atoms with E-state index in [0.29, 0.717) is 56.5 Å². The van der Waals surface area contributed by atoms with E-state index >= 15 is 0 Å². The molecule has 2 atom stereocenters. The summed E-state index contributed by atoms with van der Waals surface area (Å²) in [5.41, 5.74) is 2.83. The van der Waals surface area contributed by atoms with E-state index in [1.54, 1.807) is 18.3 Å². The van der Waals surface area contributed by atoms with Crippen molar-refractivity contribution in [2.75, 3.05) is 13.1 Å². The zero-order chi connectivity index (χ0) is 30.4.